The van der Waals surface area contributed by atoms with Gasteiger partial charge in [0.05, 0.1) is 11.4 Å². The van der Waals surface area contributed by atoms with E-state index in [1.165, 1.54) is 44.5 Å². The highest BCUT2D eigenvalue weighted by Crippen LogP contribution is 2.53. The Morgan fingerprint density at radius 1 is 0.397 bits per heavy atom. The SMILES string of the molecule is CC1(C)c2ccccc2-c2ccc(N(c3ccc(-c4ccc(NN=C(c5ccccc5)c5ccccc5)cc4)cc3)c3ccc4c(c3)C(C)(C)c3ccccc3-4)cc21. The number of benzene rings is 8. The van der Waals surface area contributed by atoms with Crippen LogP contribution in [0, 0.1) is 0 Å². The van der Waals surface area contributed by atoms with Crippen molar-refractivity contribution >= 4 is 28.5 Å². The minimum absolute atomic E-state index is 0.101. The number of nitrogens with zero attached hydrogens (tertiary/aromatic N) is 2. The molecule has 2 aliphatic rings. The van der Waals surface area contributed by atoms with Gasteiger partial charge in [-0.1, -0.05) is 173 Å². The van der Waals surface area contributed by atoms with Crippen molar-refractivity contribution in [3.63, 3.8) is 0 Å². The first-order chi connectivity index (χ1) is 28.3. The summed E-state index contributed by atoms with van der Waals surface area (Å²) < 4.78 is 0. The lowest BCUT2D eigenvalue weighted by Gasteiger charge is -2.30. The van der Waals surface area contributed by atoms with Crippen LogP contribution in [-0.2, 0) is 10.8 Å². The van der Waals surface area contributed by atoms with Gasteiger partial charge < -0.3 is 4.90 Å². The van der Waals surface area contributed by atoms with Crippen LogP contribution < -0.4 is 10.3 Å². The van der Waals surface area contributed by atoms with Crippen LogP contribution in [-0.4, -0.2) is 5.71 Å². The molecule has 58 heavy (non-hydrogen) atoms. The molecule has 0 amide bonds. The number of anilines is 4. The van der Waals surface area contributed by atoms with Crippen molar-refractivity contribution in [2.75, 3.05) is 10.3 Å². The zero-order chi connectivity index (χ0) is 39.4. The van der Waals surface area contributed by atoms with Gasteiger partial charge in [0.2, 0.25) is 0 Å². The van der Waals surface area contributed by atoms with Crippen LogP contribution >= 0.6 is 0 Å². The molecule has 0 unspecified atom stereocenters. The molecule has 2 aliphatic carbocycles. The van der Waals surface area contributed by atoms with Crippen molar-refractivity contribution in [2.45, 2.75) is 38.5 Å². The molecule has 3 nitrogen and oxygen atoms in total. The Kier molecular flexibility index (Phi) is 8.49. The average molecular weight is 748 g/mol. The molecule has 0 radical (unpaired) electrons. The monoisotopic (exact) mass is 747 g/mol. The van der Waals surface area contributed by atoms with Crippen LogP contribution in [0.4, 0.5) is 22.7 Å². The summed E-state index contributed by atoms with van der Waals surface area (Å²) in [4.78, 5) is 2.44. The Labute approximate surface area is 342 Å². The van der Waals surface area contributed by atoms with Gasteiger partial charge in [0.1, 0.15) is 0 Å². The van der Waals surface area contributed by atoms with Crippen molar-refractivity contribution < 1.29 is 0 Å². The molecule has 0 fully saturated rings. The highest BCUT2D eigenvalue weighted by Gasteiger charge is 2.37. The molecule has 0 aromatic heterocycles. The summed E-state index contributed by atoms with van der Waals surface area (Å²) in [6.45, 7) is 9.42. The first kappa shape index (κ1) is 35.4. The molecule has 0 saturated carbocycles. The highest BCUT2D eigenvalue weighted by atomic mass is 15.3. The fourth-order valence-electron chi connectivity index (χ4n) is 9.26. The van der Waals surface area contributed by atoms with Gasteiger partial charge in [0.15, 0.2) is 0 Å². The van der Waals surface area contributed by atoms with Crippen molar-refractivity contribution in [2.24, 2.45) is 5.10 Å². The molecule has 0 bridgehead atoms. The van der Waals surface area contributed by atoms with Crippen LogP contribution in [0.25, 0.3) is 33.4 Å². The summed E-state index contributed by atoms with van der Waals surface area (Å²) in [5.41, 5.74) is 23.6. The minimum atomic E-state index is -0.101. The molecule has 1 N–H and O–H groups in total. The number of fused-ring (bicyclic) bond motifs is 6. The summed E-state index contributed by atoms with van der Waals surface area (Å²) in [6.07, 6.45) is 0. The zero-order valence-corrected chi connectivity index (χ0v) is 33.4. The van der Waals surface area contributed by atoms with E-state index in [-0.39, 0.29) is 10.8 Å². The minimum Gasteiger partial charge on any atom is -0.310 e. The van der Waals surface area contributed by atoms with Crippen molar-refractivity contribution in [1.82, 2.24) is 0 Å². The quantitative estimate of drug-likeness (QED) is 0.124. The van der Waals surface area contributed by atoms with E-state index < -0.39 is 0 Å². The third-order valence-electron chi connectivity index (χ3n) is 12.4. The zero-order valence-electron chi connectivity index (χ0n) is 33.4. The van der Waals surface area contributed by atoms with Gasteiger partial charge in [-0.25, -0.2) is 0 Å². The number of nitrogens with one attached hydrogen (secondary N) is 1. The molecule has 0 atom stereocenters. The van der Waals surface area contributed by atoms with Crippen molar-refractivity contribution in [1.29, 1.82) is 0 Å². The van der Waals surface area contributed by atoms with E-state index >= 15 is 0 Å². The number of hydrogen-bond acceptors (Lipinski definition) is 3. The van der Waals surface area contributed by atoms with E-state index in [1.807, 2.05) is 36.4 Å². The molecule has 8 aromatic rings. The molecular formula is C55H45N3. The second-order valence-electron chi connectivity index (χ2n) is 16.6. The Balaban J connectivity index is 0.996. The van der Waals surface area contributed by atoms with Crippen molar-refractivity contribution in [3.05, 3.63) is 228 Å². The summed E-state index contributed by atoms with van der Waals surface area (Å²) >= 11 is 0. The van der Waals surface area contributed by atoms with Crippen LogP contribution in [0.1, 0.15) is 61.1 Å². The van der Waals surface area contributed by atoms with Gasteiger partial charge in [-0.15, -0.1) is 0 Å². The molecule has 0 aliphatic heterocycles. The van der Waals surface area contributed by atoms with Gasteiger partial charge in [-0.05, 0) is 104 Å². The lowest BCUT2D eigenvalue weighted by atomic mass is 9.82. The van der Waals surface area contributed by atoms with Crippen LogP contribution in [0.2, 0.25) is 0 Å². The van der Waals surface area contributed by atoms with Gasteiger partial charge in [-0.3, -0.25) is 5.43 Å². The summed E-state index contributed by atoms with van der Waals surface area (Å²) in [7, 11) is 0. The molecule has 0 spiro atoms. The first-order valence-electron chi connectivity index (χ1n) is 20.2. The Bertz CT molecular complexity index is 2680. The fourth-order valence-corrected chi connectivity index (χ4v) is 9.26. The third kappa shape index (κ3) is 5.94. The molecule has 8 aromatic carbocycles. The maximum atomic E-state index is 4.87. The van der Waals surface area contributed by atoms with E-state index in [9.17, 15) is 0 Å². The number of rotatable bonds is 8. The van der Waals surface area contributed by atoms with E-state index in [2.05, 4.69) is 196 Å². The second kappa shape index (κ2) is 13.9. The Morgan fingerprint density at radius 3 is 1.28 bits per heavy atom. The second-order valence-corrected chi connectivity index (χ2v) is 16.6. The van der Waals surface area contributed by atoms with Crippen LogP contribution in [0.3, 0.4) is 0 Å². The lowest BCUT2D eigenvalue weighted by molar-refractivity contribution is 0.660. The van der Waals surface area contributed by atoms with Crippen molar-refractivity contribution in [3.8, 4) is 33.4 Å². The Hall–Kier alpha value is -6.97. The van der Waals surface area contributed by atoms with Gasteiger partial charge in [-0.2, -0.15) is 5.10 Å². The molecular weight excluding hydrogens is 703 g/mol. The third-order valence-corrected chi connectivity index (χ3v) is 12.4. The maximum absolute atomic E-state index is 4.87. The number of hydrazone groups is 1. The normalized spacial score (nSPS) is 13.8. The lowest BCUT2D eigenvalue weighted by Crippen LogP contribution is -2.18. The average Bonchev–Trinajstić information content (AvgIpc) is 3.64. The molecule has 0 heterocycles. The smallest absolute Gasteiger partial charge is 0.0977 e. The predicted octanol–water partition coefficient (Wildman–Crippen LogP) is 14.3. The van der Waals surface area contributed by atoms with Crippen LogP contribution in [0.5, 0.6) is 0 Å². The standard InChI is InChI=1S/C55H45N3/c1-54(2)49-21-13-11-19-45(49)47-33-31-43(35-51(47)54)58(44-32-34-48-46-20-12-14-22-50(46)55(3,4)52(48)36-44)42-29-25-38(26-30-42)37-23-27-41(28-24-37)56-57-53(39-15-7-5-8-16-39)40-17-9-6-10-18-40/h5-36,56H,1-4H3. The molecule has 0 saturated heterocycles. The Morgan fingerprint density at radius 2 is 0.793 bits per heavy atom. The van der Waals surface area contributed by atoms with Gasteiger partial charge in [0.25, 0.3) is 0 Å². The predicted molar refractivity (Wildman–Crippen MR) is 244 cm³/mol. The summed E-state index contributed by atoms with van der Waals surface area (Å²) in [5, 5.41) is 4.87. The summed E-state index contributed by atoms with van der Waals surface area (Å²) in [5.74, 6) is 0. The maximum Gasteiger partial charge on any atom is 0.0977 e. The highest BCUT2D eigenvalue weighted by molar-refractivity contribution is 6.13. The van der Waals surface area contributed by atoms with E-state index in [1.54, 1.807) is 0 Å². The molecule has 3 heteroatoms. The van der Waals surface area contributed by atoms with E-state index in [0.29, 0.717) is 0 Å². The first-order valence-corrected chi connectivity index (χ1v) is 20.2. The topological polar surface area (TPSA) is 27.6 Å². The largest absolute Gasteiger partial charge is 0.310 e. The van der Waals surface area contributed by atoms with Gasteiger partial charge in [0, 0.05) is 39.0 Å². The van der Waals surface area contributed by atoms with Gasteiger partial charge >= 0.3 is 0 Å². The van der Waals surface area contributed by atoms with E-state index in [0.717, 1.165) is 50.7 Å². The van der Waals surface area contributed by atoms with E-state index in [4.69, 9.17) is 5.10 Å². The molecule has 280 valence electrons. The summed E-state index contributed by atoms with van der Waals surface area (Å²) in [6, 6.07) is 70.0. The number of hydrogen-bond donors (Lipinski definition) is 1. The molecule has 10 rings (SSSR count). The van der Waals surface area contributed by atoms with Crippen LogP contribution in [0.15, 0.2) is 199 Å². The fraction of sp³-hybridized carbons (Fsp3) is 0.109.